The van der Waals surface area contributed by atoms with Gasteiger partial charge in [0.25, 0.3) is 0 Å². The first-order chi connectivity index (χ1) is 11.2. The van der Waals surface area contributed by atoms with Gasteiger partial charge in [-0.05, 0) is 13.0 Å². The molecule has 9 heteroatoms. The highest BCUT2D eigenvalue weighted by Crippen LogP contribution is 2.26. The number of nitrogens with zero attached hydrogens (tertiary/aromatic N) is 1. The Balaban J connectivity index is 3.63. The predicted octanol–water partition coefficient (Wildman–Crippen LogP) is -1.27. The maximum Gasteiger partial charge on any atom is 0.323 e. The van der Waals surface area contributed by atoms with Crippen molar-refractivity contribution in [2.45, 2.75) is 13.0 Å². The number of nitrogens with two attached hydrogens (primary N) is 3. The lowest BCUT2D eigenvalue weighted by atomic mass is 9.97. The molecule has 0 heterocycles. The molecule has 0 aromatic heterocycles. The van der Waals surface area contributed by atoms with Crippen LogP contribution in [-0.4, -0.2) is 54.2 Å². The number of amides is 1. The van der Waals surface area contributed by atoms with E-state index in [2.05, 4.69) is 0 Å². The molecule has 1 atom stereocenters. The highest BCUT2D eigenvalue weighted by atomic mass is 16.4. The second-order valence-electron chi connectivity index (χ2n) is 5.06. The number of benzene rings is 1. The molecule has 0 aliphatic heterocycles. The number of ketones is 2. The monoisotopic (exact) mass is 336 g/mol. The van der Waals surface area contributed by atoms with Gasteiger partial charge in [-0.2, -0.15) is 0 Å². The van der Waals surface area contributed by atoms with Crippen LogP contribution in [0, 0.1) is 0 Å². The zero-order chi connectivity index (χ0) is 18.4. The highest BCUT2D eigenvalue weighted by molar-refractivity contribution is 6.15. The van der Waals surface area contributed by atoms with E-state index in [9.17, 15) is 19.2 Å². The van der Waals surface area contributed by atoms with Crippen LogP contribution in [0.2, 0.25) is 0 Å². The standard InChI is InChI=1S/C15H20N4O5/c1-8(18)15(24)19(7-13(22)23)10-4-2-3-9(11(20)5-16)14(10)12(21)6-17/h2-4,8H,5-7,16-18H2,1H3,(H,22,23). The molecule has 0 saturated heterocycles. The topological polar surface area (TPSA) is 170 Å². The summed E-state index contributed by atoms with van der Waals surface area (Å²) in [6.45, 7) is -0.106. The largest absolute Gasteiger partial charge is 0.480 e. The number of rotatable bonds is 8. The molecule has 7 N–H and O–H groups in total. The molecule has 1 aromatic rings. The van der Waals surface area contributed by atoms with E-state index in [1.165, 1.54) is 25.1 Å². The summed E-state index contributed by atoms with van der Waals surface area (Å²) in [7, 11) is 0. The number of aliphatic carboxylic acids is 1. The van der Waals surface area contributed by atoms with Crippen LogP contribution in [0.15, 0.2) is 18.2 Å². The van der Waals surface area contributed by atoms with Crippen molar-refractivity contribution in [3.05, 3.63) is 29.3 Å². The van der Waals surface area contributed by atoms with Crippen molar-refractivity contribution in [1.29, 1.82) is 0 Å². The fourth-order valence-corrected chi connectivity index (χ4v) is 2.17. The molecular formula is C15H20N4O5. The third-order valence-corrected chi connectivity index (χ3v) is 3.23. The average molecular weight is 336 g/mol. The van der Waals surface area contributed by atoms with Gasteiger partial charge in [0.1, 0.15) is 6.54 Å². The van der Waals surface area contributed by atoms with Crippen LogP contribution >= 0.6 is 0 Å². The van der Waals surface area contributed by atoms with E-state index in [1.807, 2.05) is 0 Å². The van der Waals surface area contributed by atoms with E-state index in [4.69, 9.17) is 22.3 Å². The van der Waals surface area contributed by atoms with Crippen LogP contribution in [-0.2, 0) is 9.59 Å². The lowest BCUT2D eigenvalue weighted by molar-refractivity contribution is -0.136. The highest BCUT2D eigenvalue weighted by Gasteiger charge is 2.28. The van der Waals surface area contributed by atoms with Crippen LogP contribution in [0.25, 0.3) is 0 Å². The van der Waals surface area contributed by atoms with Gasteiger partial charge in [0.2, 0.25) is 5.91 Å². The summed E-state index contributed by atoms with van der Waals surface area (Å²) in [5, 5.41) is 9.06. The van der Waals surface area contributed by atoms with Gasteiger partial charge in [-0.1, -0.05) is 12.1 Å². The minimum absolute atomic E-state index is 0.0155. The molecule has 1 amide bonds. The molecule has 0 radical (unpaired) electrons. The molecule has 9 nitrogen and oxygen atoms in total. The minimum atomic E-state index is -1.30. The number of carboxylic acid groups (broad SMARTS) is 1. The van der Waals surface area contributed by atoms with Crippen LogP contribution in [0.4, 0.5) is 5.69 Å². The fourth-order valence-electron chi connectivity index (χ4n) is 2.17. The normalized spacial score (nSPS) is 11.7. The minimum Gasteiger partial charge on any atom is -0.480 e. The first-order valence-electron chi connectivity index (χ1n) is 7.12. The third-order valence-electron chi connectivity index (χ3n) is 3.23. The number of carbonyl (C=O) groups excluding carboxylic acids is 3. The Morgan fingerprint density at radius 1 is 1.12 bits per heavy atom. The molecule has 1 rings (SSSR count). The summed E-state index contributed by atoms with van der Waals surface area (Å²) >= 11 is 0. The van der Waals surface area contributed by atoms with Crippen molar-refractivity contribution in [1.82, 2.24) is 0 Å². The lowest BCUT2D eigenvalue weighted by Crippen LogP contribution is -2.45. The van der Waals surface area contributed by atoms with Gasteiger partial charge < -0.3 is 22.3 Å². The lowest BCUT2D eigenvalue weighted by Gasteiger charge is -2.25. The van der Waals surface area contributed by atoms with Gasteiger partial charge in [0.05, 0.1) is 30.4 Å². The van der Waals surface area contributed by atoms with Crippen LogP contribution in [0.3, 0.4) is 0 Å². The van der Waals surface area contributed by atoms with Crippen molar-refractivity contribution in [3.8, 4) is 0 Å². The van der Waals surface area contributed by atoms with Gasteiger partial charge >= 0.3 is 5.97 Å². The Morgan fingerprint density at radius 2 is 1.71 bits per heavy atom. The van der Waals surface area contributed by atoms with E-state index < -0.39 is 42.6 Å². The van der Waals surface area contributed by atoms with Crippen LogP contribution < -0.4 is 22.1 Å². The zero-order valence-corrected chi connectivity index (χ0v) is 13.2. The Hall–Kier alpha value is -2.62. The van der Waals surface area contributed by atoms with Gasteiger partial charge in [0.15, 0.2) is 11.6 Å². The fraction of sp³-hybridized carbons (Fsp3) is 0.333. The number of carboxylic acids is 1. The molecule has 24 heavy (non-hydrogen) atoms. The number of hydrogen-bond acceptors (Lipinski definition) is 7. The molecule has 0 aliphatic rings. The molecule has 0 spiro atoms. The van der Waals surface area contributed by atoms with Crippen molar-refractivity contribution in [2.75, 3.05) is 24.5 Å². The van der Waals surface area contributed by atoms with Crippen LogP contribution in [0.1, 0.15) is 27.6 Å². The maximum absolute atomic E-state index is 12.3. The molecule has 1 aromatic carbocycles. The summed E-state index contributed by atoms with van der Waals surface area (Å²) < 4.78 is 0. The third kappa shape index (κ3) is 4.22. The molecule has 0 bridgehead atoms. The Labute approximate surface area is 138 Å². The summed E-state index contributed by atoms with van der Waals surface area (Å²) in [4.78, 5) is 48.4. The molecule has 0 saturated carbocycles. The molecule has 1 unspecified atom stereocenters. The van der Waals surface area contributed by atoms with Gasteiger partial charge in [-0.25, -0.2) is 0 Å². The number of hydrogen-bond donors (Lipinski definition) is 4. The van der Waals surface area contributed by atoms with E-state index in [1.54, 1.807) is 0 Å². The summed E-state index contributed by atoms with van der Waals surface area (Å²) in [6, 6.07) is 3.16. The molecule has 130 valence electrons. The van der Waals surface area contributed by atoms with Gasteiger partial charge in [-0.15, -0.1) is 0 Å². The Morgan fingerprint density at radius 3 is 2.17 bits per heavy atom. The molecule has 0 fully saturated rings. The zero-order valence-electron chi connectivity index (χ0n) is 13.2. The predicted molar refractivity (Wildman–Crippen MR) is 86.9 cm³/mol. The maximum atomic E-state index is 12.3. The second kappa shape index (κ2) is 8.29. The van der Waals surface area contributed by atoms with Gasteiger partial charge in [0, 0.05) is 5.56 Å². The van der Waals surface area contributed by atoms with E-state index in [0.29, 0.717) is 0 Å². The van der Waals surface area contributed by atoms with Gasteiger partial charge in [-0.3, -0.25) is 24.1 Å². The van der Waals surface area contributed by atoms with E-state index >= 15 is 0 Å². The average Bonchev–Trinajstić information content (AvgIpc) is 2.56. The summed E-state index contributed by atoms with van der Waals surface area (Å²) in [5.41, 5.74) is 16.1. The molecule has 0 aliphatic carbocycles. The van der Waals surface area contributed by atoms with Crippen molar-refractivity contribution >= 4 is 29.1 Å². The smallest absolute Gasteiger partial charge is 0.323 e. The van der Waals surface area contributed by atoms with E-state index in [0.717, 1.165) is 4.90 Å². The van der Waals surface area contributed by atoms with Crippen molar-refractivity contribution < 1.29 is 24.3 Å². The first kappa shape index (κ1) is 19.4. The first-order valence-corrected chi connectivity index (χ1v) is 7.12. The summed E-state index contributed by atoms with van der Waals surface area (Å²) in [5.74, 6) is -3.15. The Kier molecular flexibility index (Phi) is 6.71. The van der Waals surface area contributed by atoms with Crippen LogP contribution in [0.5, 0.6) is 0 Å². The number of carbonyl (C=O) groups is 4. The summed E-state index contributed by atoms with van der Waals surface area (Å²) in [6.07, 6.45) is 0. The number of anilines is 1. The number of Topliss-reactive ketones (excluding diaryl/α,β-unsaturated/α-hetero) is 2. The quantitative estimate of drug-likeness (QED) is 0.426. The SMILES string of the molecule is CC(N)C(=O)N(CC(=O)O)c1cccc(C(=O)CN)c1C(=O)CN. The Bertz CT molecular complexity index is 672. The van der Waals surface area contributed by atoms with E-state index in [-0.39, 0.29) is 23.4 Å². The van der Waals surface area contributed by atoms with Crippen molar-refractivity contribution in [2.24, 2.45) is 17.2 Å². The molecular weight excluding hydrogens is 316 g/mol. The second-order valence-corrected chi connectivity index (χ2v) is 5.06. The van der Waals surface area contributed by atoms with Crippen molar-refractivity contribution in [3.63, 3.8) is 0 Å².